The summed E-state index contributed by atoms with van der Waals surface area (Å²) < 4.78 is 5.22. The van der Waals surface area contributed by atoms with Crippen LogP contribution in [0.2, 0.25) is 0 Å². The fourth-order valence-electron chi connectivity index (χ4n) is 2.42. The summed E-state index contributed by atoms with van der Waals surface area (Å²) in [5.41, 5.74) is 1.18. The Morgan fingerprint density at radius 3 is 2.30 bits per heavy atom. The van der Waals surface area contributed by atoms with Crippen LogP contribution in [0.1, 0.15) is 25.0 Å². The number of ether oxygens (including phenoxy) is 1. The Labute approximate surface area is 136 Å². The molecule has 6 heteroatoms. The van der Waals surface area contributed by atoms with Gasteiger partial charge in [-0.3, -0.25) is 4.79 Å². The smallest absolute Gasteiger partial charge is 0.317 e. The van der Waals surface area contributed by atoms with E-state index in [0.717, 1.165) is 11.1 Å². The molecule has 23 heavy (non-hydrogen) atoms. The van der Waals surface area contributed by atoms with Crippen LogP contribution in [0, 0.1) is 5.41 Å². The van der Waals surface area contributed by atoms with Gasteiger partial charge in [0, 0.05) is 19.6 Å². The van der Waals surface area contributed by atoms with Crippen molar-refractivity contribution >= 4 is 12.0 Å². The minimum Gasteiger partial charge on any atom is -0.481 e. The molecule has 0 saturated carbocycles. The van der Waals surface area contributed by atoms with Crippen molar-refractivity contribution in [2.45, 2.75) is 26.8 Å². The summed E-state index contributed by atoms with van der Waals surface area (Å²) in [5.74, 6) is -0.806. The normalized spacial score (nSPS) is 15.3. The molecule has 1 saturated heterocycles. The molecule has 1 heterocycles. The number of carboxylic acid groups (broad SMARTS) is 1. The third-order valence-corrected chi connectivity index (χ3v) is 3.99. The molecule has 1 aliphatic rings. The van der Waals surface area contributed by atoms with Crippen LogP contribution in [0.25, 0.3) is 0 Å². The minimum absolute atomic E-state index is 0.0793. The summed E-state index contributed by atoms with van der Waals surface area (Å²) in [6, 6.07) is 7.60. The average molecular weight is 320 g/mol. The maximum Gasteiger partial charge on any atom is 0.317 e. The molecule has 0 unspecified atom stereocenters. The van der Waals surface area contributed by atoms with Crippen LogP contribution < -0.4 is 5.32 Å². The fourth-order valence-corrected chi connectivity index (χ4v) is 2.42. The summed E-state index contributed by atoms with van der Waals surface area (Å²) in [6.45, 7) is 6.30. The number of nitrogens with zero attached hydrogens (tertiary/aromatic N) is 1. The molecule has 1 aromatic carbocycles. The number of urea groups is 1. The van der Waals surface area contributed by atoms with Crippen molar-refractivity contribution in [1.82, 2.24) is 10.2 Å². The van der Waals surface area contributed by atoms with Crippen molar-refractivity contribution in [1.29, 1.82) is 0 Å². The van der Waals surface area contributed by atoms with Crippen molar-refractivity contribution in [2.24, 2.45) is 5.41 Å². The van der Waals surface area contributed by atoms with Gasteiger partial charge >= 0.3 is 12.0 Å². The lowest BCUT2D eigenvalue weighted by Gasteiger charge is -2.27. The molecule has 2 N–H and O–H groups in total. The third kappa shape index (κ3) is 4.96. The predicted octanol–water partition coefficient (Wildman–Crippen LogP) is 1.88. The van der Waals surface area contributed by atoms with E-state index in [2.05, 4.69) is 5.32 Å². The Bertz CT molecular complexity index is 548. The first kappa shape index (κ1) is 17.3. The molecule has 126 valence electrons. The highest BCUT2D eigenvalue weighted by molar-refractivity contribution is 5.74. The quantitative estimate of drug-likeness (QED) is 0.868. The van der Waals surface area contributed by atoms with Crippen LogP contribution in [-0.2, 0) is 22.5 Å². The van der Waals surface area contributed by atoms with E-state index in [1.807, 2.05) is 24.3 Å². The zero-order chi connectivity index (χ0) is 16.9. The highest BCUT2D eigenvalue weighted by Crippen LogP contribution is 2.22. The van der Waals surface area contributed by atoms with Gasteiger partial charge in [0.25, 0.3) is 0 Å². The van der Waals surface area contributed by atoms with Crippen LogP contribution in [0.4, 0.5) is 4.79 Å². The Kier molecular flexibility index (Phi) is 5.60. The molecule has 2 amide bonds. The number of hydrogen-bond acceptors (Lipinski definition) is 3. The number of amides is 2. The van der Waals surface area contributed by atoms with Gasteiger partial charge in [-0.25, -0.2) is 4.79 Å². The number of carbonyl (C=O) groups excluding carboxylic acids is 1. The molecule has 0 bridgehead atoms. The van der Waals surface area contributed by atoms with Gasteiger partial charge in [0.05, 0.1) is 18.6 Å². The summed E-state index contributed by atoms with van der Waals surface area (Å²) in [5, 5.41) is 12.1. The molecule has 2 rings (SSSR count). The van der Waals surface area contributed by atoms with Crippen molar-refractivity contribution in [3.63, 3.8) is 0 Å². The second-order valence-corrected chi connectivity index (χ2v) is 6.44. The Morgan fingerprint density at radius 1 is 1.17 bits per heavy atom. The molecule has 0 aliphatic carbocycles. The lowest BCUT2D eigenvalue weighted by Crippen LogP contribution is -2.45. The second kappa shape index (κ2) is 7.46. The van der Waals surface area contributed by atoms with Crippen molar-refractivity contribution in [2.75, 3.05) is 26.3 Å². The van der Waals surface area contributed by atoms with Gasteiger partial charge in [-0.15, -0.1) is 0 Å². The van der Waals surface area contributed by atoms with Gasteiger partial charge < -0.3 is 20.1 Å². The van der Waals surface area contributed by atoms with E-state index in [1.165, 1.54) is 0 Å². The van der Waals surface area contributed by atoms with Crippen LogP contribution in [0.5, 0.6) is 0 Å². The maximum atomic E-state index is 12.0. The molecule has 1 aromatic rings. The standard InChI is InChI=1S/C17H24N2O4/c1-17(2,15(20)21)11-13-3-5-14(6-4-13)12-18-16(22)19-7-9-23-10-8-19/h3-6H,7-12H2,1-2H3,(H,18,22)(H,20,21). The Balaban J connectivity index is 1.85. The van der Waals surface area contributed by atoms with Gasteiger partial charge in [-0.1, -0.05) is 24.3 Å². The lowest BCUT2D eigenvalue weighted by atomic mass is 9.86. The predicted molar refractivity (Wildman–Crippen MR) is 86.2 cm³/mol. The number of morpholine rings is 1. The second-order valence-electron chi connectivity index (χ2n) is 6.44. The third-order valence-electron chi connectivity index (χ3n) is 3.99. The Hall–Kier alpha value is -2.08. The first-order valence-electron chi connectivity index (χ1n) is 7.80. The number of hydrogen-bond donors (Lipinski definition) is 2. The van der Waals surface area contributed by atoms with Gasteiger partial charge in [-0.05, 0) is 31.4 Å². The van der Waals surface area contributed by atoms with E-state index in [4.69, 9.17) is 9.84 Å². The molecular formula is C17H24N2O4. The topological polar surface area (TPSA) is 78.9 Å². The molecule has 0 spiro atoms. The summed E-state index contributed by atoms with van der Waals surface area (Å²) in [4.78, 5) is 24.9. The van der Waals surface area contributed by atoms with Gasteiger partial charge in [0.15, 0.2) is 0 Å². The van der Waals surface area contributed by atoms with E-state index < -0.39 is 11.4 Å². The van der Waals surface area contributed by atoms with Gasteiger partial charge in [-0.2, -0.15) is 0 Å². The fraction of sp³-hybridized carbons (Fsp3) is 0.529. The number of benzene rings is 1. The highest BCUT2D eigenvalue weighted by Gasteiger charge is 2.27. The molecule has 6 nitrogen and oxygen atoms in total. The number of carboxylic acids is 1. The number of rotatable bonds is 5. The van der Waals surface area contributed by atoms with E-state index in [1.54, 1.807) is 18.7 Å². The molecule has 0 aromatic heterocycles. The largest absolute Gasteiger partial charge is 0.481 e. The van der Waals surface area contributed by atoms with Crippen LogP contribution in [0.3, 0.4) is 0 Å². The van der Waals surface area contributed by atoms with Crippen LogP contribution in [-0.4, -0.2) is 48.3 Å². The van der Waals surface area contributed by atoms with Crippen molar-refractivity contribution in [3.05, 3.63) is 35.4 Å². The molecule has 0 radical (unpaired) electrons. The van der Waals surface area contributed by atoms with E-state index in [-0.39, 0.29) is 6.03 Å². The van der Waals surface area contributed by atoms with Crippen LogP contribution >= 0.6 is 0 Å². The number of carbonyl (C=O) groups is 2. The van der Waals surface area contributed by atoms with E-state index >= 15 is 0 Å². The zero-order valence-electron chi connectivity index (χ0n) is 13.7. The molecular weight excluding hydrogens is 296 g/mol. The molecule has 1 aliphatic heterocycles. The average Bonchev–Trinajstić information content (AvgIpc) is 2.54. The summed E-state index contributed by atoms with van der Waals surface area (Å²) >= 11 is 0. The first-order chi connectivity index (χ1) is 10.9. The monoisotopic (exact) mass is 320 g/mol. The van der Waals surface area contributed by atoms with E-state index in [9.17, 15) is 9.59 Å². The van der Waals surface area contributed by atoms with Gasteiger partial charge in [0.1, 0.15) is 0 Å². The van der Waals surface area contributed by atoms with Crippen LogP contribution in [0.15, 0.2) is 24.3 Å². The minimum atomic E-state index is -0.806. The highest BCUT2D eigenvalue weighted by atomic mass is 16.5. The SMILES string of the molecule is CC(C)(Cc1ccc(CNC(=O)N2CCOCC2)cc1)C(=O)O. The summed E-state index contributed by atoms with van der Waals surface area (Å²) in [7, 11) is 0. The lowest BCUT2D eigenvalue weighted by molar-refractivity contribution is -0.146. The first-order valence-corrected chi connectivity index (χ1v) is 7.80. The van der Waals surface area contributed by atoms with E-state index in [0.29, 0.717) is 39.3 Å². The molecule has 0 atom stereocenters. The summed E-state index contributed by atoms with van der Waals surface area (Å²) in [6.07, 6.45) is 0.475. The molecule has 1 fully saturated rings. The van der Waals surface area contributed by atoms with Gasteiger partial charge in [0.2, 0.25) is 0 Å². The Morgan fingerprint density at radius 2 is 1.74 bits per heavy atom. The van der Waals surface area contributed by atoms with Crippen molar-refractivity contribution in [3.8, 4) is 0 Å². The number of aliphatic carboxylic acids is 1. The number of nitrogens with one attached hydrogen (secondary N) is 1. The zero-order valence-corrected chi connectivity index (χ0v) is 13.7. The van der Waals surface area contributed by atoms with Crippen molar-refractivity contribution < 1.29 is 19.4 Å². The maximum absolute atomic E-state index is 12.0.